The number of alkyl halides is 3. The molecule has 6 rings (SSSR count). The summed E-state index contributed by atoms with van der Waals surface area (Å²) in [5, 5.41) is 7.26. The van der Waals surface area contributed by atoms with Crippen LogP contribution >= 0.6 is 0 Å². The molecule has 4 heterocycles. The van der Waals surface area contributed by atoms with Crippen molar-refractivity contribution in [2.75, 3.05) is 19.8 Å². The zero-order valence-electron chi connectivity index (χ0n) is 19.8. The standard InChI is InChI=1S/C25H32F3N5O2/c26-25(27,28)18-9-17(23(34)29-12-18)10-21-22(16-5-7-35-8-6-16)31-24-30-19(13-33(24)32-21)11-20(14-1-2-14)15-3-4-15/h13-18,20H,1-12H2,(H,29,34). The fraction of sp³-hybridized carbons (Fsp3) is 0.760. The quantitative estimate of drug-likeness (QED) is 0.636. The number of amides is 1. The molecule has 2 aliphatic carbocycles. The van der Waals surface area contributed by atoms with Crippen LogP contribution in [0.15, 0.2) is 6.20 Å². The van der Waals surface area contributed by atoms with Gasteiger partial charge in [0, 0.05) is 38.0 Å². The molecule has 0 radical (unpaired) electrons. The van der Waals surface area contributed by atoms with Gasteiger partial charge in [0.05, 0.1) is 29.2 Å². The number of ether oxygens (including phenoxy) is 1. The van der Waals surface area contributed by atoms with Crippen molar-refractivity contribution in [2.24, 2.45) is 29.6 Å². The first-order chi connectivity index (χ1) is 16.8. The van der Waals surface area contributed by atoms with Gasteiger partial charge < -0.3 is 10.1 Å². The van der Waals surface area contributed by atoms with E-state index in [2.05, 4.69) is 5.32 Å². The van der Waals surface area contributed by atoms with Gasteiger partial charge in [-0.3, -0.25) is 4.79 Å². The van der Waals surface area contributed by atoms with Crippen LogP contribution in [0.5, 0.6) is 0 Å². The molecular formula is C25H32F3N5O2. The maximum Gasteiger partial charge on any atom is 0.393 e. The molecular weight excluding hydrogens is 459 g/mol. The number of fused-ring (bicyclic) bond motifs is 1. The lowest BCUT2D eigenvalue weighted by Gasteiger charge is -2.31. The Hall–Kier alpha value is -2.23. The summed E-state index contributed by atoms with van der Waals surface area (Å²) in [5.41, 5.74) is 2.36. The summed E-state index contributed by atoms with van der Waals surface area (Å²) >= 11 is 0. The highest BCUT2D eigenvalue weighted by molar-refractivity contribution is 5.79. The van der Waals surface area contributed by atoms with Crippen molar-refractivity contribution >= 4 is 11.7 Å². The van der Waals surface area contributed by atoms with Gasteiger partial charge in [0.25, 0.3) is 5.78 Å². The van der Waals surface area contributed by atoms with Crippen molar-refractivity contribution in [1.29, 1.82) is 0 Å². The van der Waals surface area contributed by atoms with Crippen LogP contribution in [0.2, 0.25) is 0 Å². The summed E-state index contributed by atoms with van der Waals surface area (Å²) < 4.78 is 47.3. The average Bonchev–Trinajstić information content (AvgIpc) is 3.76. The van der Waals surface area contributed by atoms with Crippen LogP contribution in [0.3, 0.4) is 0 Å². The summed E-state index contributed by atoms with van der Waals surface area (Å²) in [4.78, 5) is 22.2. The van der Waals surface area contributed by atoms with Crippen molar-refractivity contribution in [2.45, 2.75) is 69.9 Å². The van der Waals surface area contributed by atoms with Gasteiger partial charge in [-0.15, -0.1) is 0 Å². The van der Waals surface area contributed by atoms with Crippen molar-refractivity contribution in [3.8, 4) is 0 Å². The van der Waals surface area contributed by atoms with Crippen LogP contribution < -0.4 is 5.32 Å². The molecule has 1 N–H and O–H groups in total. The summed E-state index contributed by atoms with van der Waals surface area (Å²) in [7, 11) is 0. The van der Waals surface area contributed by atoms with E-state index in [1.807, 2.05) is 6.20 Å². The lowest BCUT2D eigenvalue weighted by molar-refractivity contribution is -0.183. The van der Waals surface area contributed by atoms with Gasteiger partial charge in [-0.1, -0.05) is 0 Å². The van der Waals surface area contributed by atoms with Crippen molar-refractivity contribution in [3.63, 3.8) is 0 Å². The average molecular weight is 492 g/mol. The first-order valence-corrected chi connectivity index (χ1v) is 13.0. The molecule has 0 bridgehead atoms. The van der Waals surface area contributed by atoms with E-state index >= 15 is 0 Å². The Morgan fingerprint density at radius 1 is 1.09 bits per heavy atom. The molecule has 10 heteroatoms. The van der Waals surface area contributed by atoms with Gasteiger partial charge in [-0.05, 0) is 69.1 Å². The third-order valence-electron chi connectivity index (χ3n) is 8.34. The number of carbonyl (C=O) groups excluding carboxylic acids is 1. The fourth-order valence-electron chi connectivity index (χ4n) is 6.02. The number of nitrogens with zero attached hydrogens (tertiary/aromatic N) is 4. The number of hydrogen-bond donors (Lipinski definition) is 1. The van der Waals surface area contributed by atoms with Crippen LogP contribution in [-0.2, 0) is 22.4 Å². The van der Waals surface area contributed by atoms with Gasteiger partial charge in [0.15, 0.2) is 0 Å². The Morgan fingerprint density at radius 2 is 1.80 bits per heavy atom. The van der Waals surface area contributed by atoms with Crippen molar-refractivity contribution < 1.29 is 22.7 Å². The van der Waals surface area contributed by atoms with E-state index < -0.39 is 18.0 Å². The second kappa shape index (κ2) is 9.01. The first kappa shape index (κ1) is 23.2. The second-order valence-electron chi connectivity index (χ2n) is 11.0. The highest BCUT2D eigenvalue weighted by Gasteiger charge is 2.45. The Balaban J connectivity index is 1.30. The smallest absolute Gasteiger partial charge is 0.381 e. The van der Waals surface area contributed by atoms with Crippen molar-refractivity contribution in [1.82, 2.24) is 24.9 Å². The first-order valence-electron chi connectivity index (χ1n) is 13.0. The Kier molecular flexibility index (Phi) is 5.97. The minimum Gasteiger partial charge on any atom is -0.381 e. The van der Waals surface area contributed by atoms with E-state index in [1.54, 1.807) is 4.52 Å². The molecule has 2 aromatic rings. The fourth-order valence-corrected chi connectivity index (χ4v) is 6.02. The molecule has 190 valence electrons. The number of carbonyl (C=O) groups is 1. The van der Waals surface area contributed by atoms with Gasteiger partial charge in [-0.2, -0.15) is 18.3 Å². The molecule has 0 spiro atoms. The highest BCUT2D eigenvalue weighted by Crippen LogP contribution is 2.50. The molecule has 2 aromatic heterocycles. The normalized spacial score (nSPS) is 26.5. The zero-order valence-corrected chi connectivity index (χ0v) is 19.8. The van der Waals surface area contributed by atoms with Gasteiger partial charge in [-0.25, -0.2) is 14.5 Å². The van der Waals surface area contributed by atoms with E-state index in [4.69, 9.17) is 19.8 Å². The Morgan fingerprint density at radius 3 is 2.46 bits per heavy atom. The largest absolute Gasteiger partial charge is 0.393 e. The minimum atomic E-state index is -4.33. The molecule has 2 saturated carbocycles. The van der Waals surface area contributed by atoms with Crippen LogP contribution in [0, 0.1) is 29.6 Å². The predicted octanol–water partition coefficient (Wildman–Crippen LogP) is 3.85. The third-order valence-corrected chi connectivity index (χ3v) is 8.34. The molecule has 2 atom stereocenters. The Bertz CT molecular complexity index is 1080. The van der Waals surface area contributed by atoms with Crippen molar-refractivity contribution in [3.05, 3.63) is 23.3 Å². The van der Waals surface area contributed by atoms with Gasteiger partial charge >= 0.3 is 6.18 Å². The molecule has 0 aromatic carbocycles. The van der Waals surface area contributed by atoms with Crippen LogP contribution in [0.1, 0.15) is 67.9 Å². The minimum absolute atomic E-state index is 0.104. The third kappa shape index (κ3) is 5.04. The van der Waals surface area contributed by atoms with E-state index in [9.17, 15) is 18.0 Å². The van der Waals surface area contributed by atoms with E-state index in [1.165, 1.54) is 25.7 Å². The number of imidazole rings is 1. The molecule has 1 amide bonds. The summed E-state index contributed by atoms with van der Waals surface area (Å²) in [6.07, 6.45) is 5.25. The van der Waals surface area contributed by atoms with E-state index in [0.29, 0.717) is 30.6 Å². The lowest BCUT2D eigenvalue weighted by Crippen LogP contribution is -2.47. The zero-order chi connectivity index (χ0) is 24.2. The number of halogens is 3. The van der Waals surface area contributed by atoms with Crippen LogP contribution in [-0.4, -0.2) is 51.4 Å². The Labute approximate surface area is 202 Å². The lowest BCUT2D eigenvalue weighted by atomic mass is 9.84. The maximum atomic E-state index is 13.4. The SMILES string of the molecule is O=C1NCC(C(F)(F)F)CC1Cc1nn2cc(CC(C3CC3)C3CC3)nc2nc1C1CCOCC1. The summed E-state index contributed by atoms with van der Waals surface area (Å²) in [6.45, 7) is 0.868. The number of hydrogen-bond acceptors (Lipinski definition) is 5. The maximum absolute atomic E-state index is 13.4. The van der Waals surface area contributed by atoms with Gasteiger partial charge in [0.2, 0.25) is 5.91 Å². The van der Waals surface area contributed by atoms with Gasteiger partial charge in [0.1, 0.15) is 0 Å². The second-order valence-corrected chi connectivity index (χ2v) is 11.0. The van der Waals surface area contributed by atoms with E-state index in [-0.39, 0.29) is 31.2 Å². The summed E-state index contributed by atoms with van der Waals surface area (Å²) in [5.74, 6) is 0.297. The molecule has 2 unspecified atom stereocenters. The predicted molar refractivity (Wildman–Crippen MR) is 121 cm³/mol. The topological polar surface area (TPSA) is 81.4 Å². The van der Waals surface area contributed by atoms with Crippen LogP contribution in [0.4, 0.5) is 13.2 Å². The number of piperidine rings is 1. The highest BCUT2D eigenvalue weighted by atomic mass is 19.4. The number of aromatic nitrogens is 4. The van der Waals surface area contributed by atoms with E-state index in [0.717, 1.165) is 42.5 Å². The molecule has 2 saturated heterocycles. The molecule has 4 aliphatic rings. The number of rotatable bonds is 7. The van der Waals surface area contributed by atoms with Crippen LogP contribution in [0.25, 0.3) is 5.78 Å². The number of nitrogens with one attached hydrogen (secondary N) is 1. The summed E-state index contributed by atoms with van der Waals surface area (Å²) in [6, 6.07) is 0. The molecule has 35 heavy (non-hydrogen) atoms. The molecule has 7 nitrogen and oxygen atoms in total. The molecule has 2 aliphatic heterocycles. The molecule has 4 fully saturated rings. The monoisotopic (exact) mass is 491 g/mol.